The van der Waals surface area contributed by atoms with Gasteiger partial charge in [-0.05, 0) is 41.8 Å². The maximum Gasteiger partial charge on any atom is 0.244 e. The van der Waals surface area contributed by atoms with Crippen LogP contribution in [0.5, 0.6) is 11.5 Å². The number of ether oxygens (including phenoxy) is 2. The minimum atomic E-state index is -3.54. The van der Waals surface area contributed by atoms with Crippen molar-refractivity contribution in [1.29, 1.82) is 0 Å². The van der Waals surface area contributed by atoms with Gasteiger partial charge >= 0.3 is 0 Å². The number of sulfonamides is 1. The summed E-state index contributed by atoms with van der Waals surface area (Å²) in [5.41, 5.74) is 2.02. The third-order valence-corrected chi connectivity index (χ3v) is 5.78. The van der Waals surface area contributed by atoms with Crippen LogP contribution < -0.4 is 9.47 Å². The minimum absolute atomic E-state index is 0.212. The normalized spacial score (nSPS) is 15.0. The van der Waals surface area contributed by atoms with Gasteiger partial charge in [-0.2, -0.15) is 4.31 Å². The highest BCUT2D eigenvalue weighted by Crippen LogP contribution is 2.34. The molecule has 2 heterocycles. The molecule has 0 atom stereocenters. The maximum atomic E-state index is 12.7. The topological polar surface area (TPSA) is 68.7 Å². The van der Waals surface area contributed by atoms with Crippen LogP contribution in [0.3, 0.4) is 0 Å². The summed E-state index contributed by atoms with van der Waals surface area (Å²) < 4.78 is 37.5. The summed E-state index contributed by atoms with van der Waals surface area (Å²) in [6.07, 6.45) is 3.57. The summed E-state index contributed by atoms with van der Waals surface area (Å²) in [5.74, 6) is 1.27. The van der Waals surface area contributed by atoms with Gasteiger partial charge in [0.1, 0.15) is 4.90 Å². The van der Waals surface area contributed by atoms with Gasteiger partial charge in [-0.1, -0.05) is 0 Å². The zero-order valence-electron chi connectivity index (χ0n) is 13.0. The Balaban J connectivity index is 1.94. The number of nitrogens with zero attached hydrogens (tertiary/aromatic N) is 2. The lowest BCUT2D eigenvalue weighted by molar-refractivity contribution is 0.348. The summed E-state index contributed by atoms with van der Waals surface area (Å²) in [7, 11) is -0.385. The van der Waals surface area contributed by atoms with Gasteiger partial charge in [-0.15, -0.1) is 0 Å². The van der Waals surface area contributed by atoms with Gasteiger partial charge in [-0.3, -0.25) is 4.98 Å². The zero-order valence-corrected chi connectivity index (χ0v) is 13.8. The largest absolute Gasteiger partial charge is 0.493 e. The highest BCUT2D eigenvalue weighted by atomic mass is 32.2. The van der Waals surface area contributed by atoms with Crippen molar-refractivity contribution in [3.8, 4) is 11.5 Å². The molecule has 6 nitrogen and oxygen atoms in total. The average Bonchev–Trinajstić information content (AvgIpc) is 2.60. The Bertz CT molecular complexity index is 806. The van der Waals surface area contributed by atoms with Crippen LogP contribution in [-0.2, 0) is 23.0 Å². The molecule has 0 fully saturated rings. The van der Waals surface area contributed by atoms with E-state index < -0.39 is 10.0 Å². The van der Waals surface area contributed by atoms with E-state index in [-0.39, 0.29) is 4.90 Å². The molecule has 0 saturated heterocycles. The van der Waals surface area contributed by atoms with Crippen molar-refractivity contribution < 1.29 is 17.9 Å². The van der Waals surface area contributed by atoms with Crippen LogP contribution in [0.15, 0.2) is 41.6 Å². The number of fused-ring (bicyclic) bond motifs is 1. The van der Waals surface area contributed by atoms with Crippen LogP contribution in [0.2, 0.25) is 0 Å². The number of hydrogen-bond acceptors (Lipinski definition) is 5. The molecule has 0 amide bonds. The standard InChI is InChI=1S/C16H18N2O4S/c1-21-15-8-12-5-7-18(11-13(12)9-16(15)22-2)23(19,20)14-4-3-6-17-10-14/h3-4,6,8-10H,5,7,11H2,1-2H3. The lowest BCUT2D eigenvalue weighted by Crippen LogP contribution is -2.36. The molecule has 0 aliphatic carbocycles. The minimum Gasteiger partial charge on any atom is -0.493 e. The van der Waals surface area contributed by atoms with Gasteiger partial charge in [0.05, 0.1) is 14.2 Å². The Labute approximate surface area is 135 Å². The van der Waals surface area contributed by atoms with Crippen molar-refractivity contribution in [1.82, 2.24) is 9.29 Å². The average molecular weight is 334 g/mol. The number of aromatic nitrogens is 1. The molecule has 7 heteroatoms. The van der Waals surface area contributed by atoms with Crippen molar-refractivity contribution in [2.45, 2.75) is 17.9 Å². The second-order valence-electron chi connectivity index (χ2n) is 5.25. The van der Waals surface area contributed by atoms with Crippen molar-refractivity contribution in [2.24, 2.45) is 0 Å². The molecule has 2 aromatic rings. The smallest absolute Gasteiger partial charge is 0.244 e. The van der Waals surface area contributed by atoms with E-state index in [2.05, 4.69) is 4.98 Å². The fraction of sp³-hybridized carbons (Fsp3) is 0.312. The number of pyridine rings is 1. The van der Waals surface area contributed by atoms with E-state index in [0.29, 0.717) is 31.0 Å². The molecular formula is C16H18N2O4S. The van der Waals surface area contributed by atoms with E-state index in [9.17, 15) is 8.42 Å². The fourth-order valence-electron chi connectivity index (χ4n) is 2.71. The molecule has 1 aromatic heterocycles. The Kier molecular flexibility index (Phi) is 4.23. The van der Waals surface area contributed by atoms with Gasteiger partial charge in [0.25, 0.3) is 0 Å². The van der Waals surface area contributed by atoms with Crippen LogP contribution in [-0.4, -0.2) is 38.5 Å². The first-order chi connectivity index (χ1) is 11.1. The SMILES string of the molecule is COc1cc2c(cc1OC)CN(S(=O)(=O)c1cccnc1)CC2. The summed E-state index contributed by atoms with van der Waals surface area (Å²) in [6.45, 7) is 0.743. The maximum absolute atomic E-state index is 12.7. The molecular weight excluding hydrogens is 316 g/mol. The van der Waals surface area contributed by atoms with Crippen molar-refractivity contribution >= 4 is 10.0 Å². The fourth-order valence-corrected chi connectivity index (χ4v) is 4.09. The lowest BCUT2D eigenvalue weighted by Gasteiger charge is -2.28. The molecule has 0 unspecified atom stereocenters. The molecule has 1 aromatic carbocycles. The van der Waals surface area contributed by atoms with Crippen LogP contribution in [0.25, 0.3) is 0 Å². The monoisotopic (exact) mass is 334 g/mol. The molecule has 1 aliphatic rings. The first kappa shape index (κ1) is 15.8. The summed E-state index contributed by atoms with van der Waals surface area (Å²) in [4.78, 5) is 4.11. The molecule has 0 bridgehead atoms. The number of hydrogen-bond donors (Lipinski definition) is 0. The Morgan fingerprint density at radius 3 is 2.43 bits per heavy atom. The highest BCUT2D eigenvalue weighted by Gasteiger charge is 2.29. The third-order valence-electron chi connectivity index (χ3n) is 3.96. The van der Waals surface area contributed by atoms with Gasteiger partial charge in [0, 0.05) is 25.5 Å². The number of methoxy groups -OCH3 is 2. The van der Waals surface area contributed by atoms with Crippen LogP contribution >= 0.6 is 0 Å². The predicted octanol–water partition coefficient (Wildman–Crippen LogP) is 1.85. The lowest BCUT2D eigenvalue weighted by atomic mass is 10.0. The third kappa shape index (κ3) is 2.89. The summed E-state index contributed by atoms with van der Waals surface area (Å²) in [5, 5.41) is 0. The molecule has 0 spiro atoms. The van der Waals surface area contributed by atoms with E-state index in [1.807, 2.05) is 12.1 Å². The van der Waals surface area contributed by atoms with E-state index in [0.717, 1.165) is 11.1 Å². The van der Waals surface area contributed by atoms with Gasteiger partial charge in [0.15, 0.2) is 11.5 Å². The summed E-state index contributed by atoms with van der Waals surface area (Å²) in [6, 6.07) is 6.95. The Hall–Kier alpha value is -2.12. The quantitative estimate of drug-likeness (QED) is 0.853. The summed E-state index contributed by atoms with van der Waals surface area (Å²) >= 11 is 0. The number of rotatable bonds is 4. The van der Waals surface area contributed by atoms with E-state index in [1.165, 1.54) is 10.5 Å². The van der Waals surface area contributed by atoms with E-state index >= 15 is 0 Å². The second-order valence-corrected chi connectivity index (χ2v) is 7.19. The van der Waals surface area contributed by atoms with Crippen LogP contribution in [0.4, 0.5) is 0 Å². The van der Waals surface area contributed by atoms with E-state index in [4.69, 9.17) is 9.47 Å². The van der Waals surface area contributed by atoms with Gasteiger partial charge in [0.2, 0.25) is 10.0 Å². The first-order valence-electron chi connectivity index (χ1n) is 7.20. The molecule has 122 valence electrons. The molecule has 23 heavy (non-hydrogen) atoms. The second kappa shape index (κ2) is 6.17. The van der Waals surface area contributed by atoms with Crippen molar-refractivity contribution in [2.75, 3.05) is 20.8 Å². The molecule has 3 rings (SSSR count). The van der Waals surface area contributed by atoms with E-state index in [1.54, 1.807) is 32.5 Å². The van der Waals surface area contributed by atoms with Crippen LogP contribution in [0.1, 0.15) is 11.1 Å². The first-order valence-corrected chi connectivity index (χ1v) is 8.64. The molecule has 0 saturated carbocycles. The Morgan fingerprint density at radius 2 is 1.83 bits per heavy atom. The van der Waals surface area contributed by atoms with Gasteiger partial charge in [-0.25, -0.2) is 8.42 Å². The predicted molar refractivity (Wildman–Crippen MR) is 85.1 cm³/mol. The highest BCUT2D eigenvalue weighted by molar-refractivity contribution is 7.89. The zero-order chi connectivity index (χ0) is 16.4. The molecule has 1 aliphatic heterocycles. The van der Waals surface area contributed by atoms with Crippen molar-refractivity contribution in [3.63, 3.8) is 0 Å². The van der Waals surface area contributed by atoms with Crippen molar-refractivity contribution in [3.05, 3.63) is 47.8 Å². The number of benzene rings is 1. The Morgan fingerprint density at radius 1 is 1.13 bits per heavy atom. The molecule has 0 radical (unpaired) electrons. The van der Waals surface area contributed by atoms with Gasteiger partial charge < -0.3 is 9.47 Å². The van der Waals surface area contributed by atoms with Crippen LogP contribution in [0, 0.1) is 0 Å². The molecule has 0 N–H and O–H groups in total.